The molecular formula is C17H19NO8S. The summed E-state index contributed by atoms with van der Waals surface area (Å²) in [6.45, 7) is 0.886. The fourth-order valence-electron chi connectivity index (χ4n) is 5.15. The predicted molar refractivity (Wildman–Crippen MR) is 92.4 cm³/mol. The van der Waals surface area contributed by atoms with Crippen LogP contribution in [0.2, 0.25) is 0 Å². The quantitative estimate of drug-likeness (QED) is 0.459. The fraction of sp³-hybridized carbons (Fsp3) is 0.471. The van der Waals surface area contributed by atoms with Crippen molar-refractivity contribution >= 4 is 16.2 Å². The van der Waals surface area contributed by atoms with Gasteiger partial charge >= 0.3 is 10.4 Å². The van der Waals surface area contributed by atoms with E-state index >= 15 is 0 Å². The molecule has 4 atom stereocenters. The monoisotopic (exact) mass is 397 g/mol. The maximum absolute atomic E-state index is 12.4. The molecule has 2 bridgehead atoms. The van der Waals surface area contributed by atoms with E-state index in [0.29, 0.717) is 12.2 Å². The van der Waals surface area contributed by atoms with Crippen LogP contribution in [0.3, 0.4) is 0 Å². The molecule has 0 saturated carbocycles. The van der Waals surface area contributed by atoms with Gasteiger partial charge in [0.1, 0.15) is 5.75 Å². The van der Waals surface area contributed by atoms with Crippen LogP contribution >= 0.6 is 0 Å². The van der Waals surface area contributed by atoms with E-state index in [1.54, 1.807) is 6.08 Å². The van der Waals surface area contributed by atoms with Gasteiger partial charge in [-0.05, 0) is 32.5 Å². The van der Waals surface area contributed by atoms with E-state index in [1.807, 2.05) is 6.08 Å². The third-order valence-corrected chi connectivity index (χ3v) is 6.11. The molecule has 2 aliphatic carbocycles. The largest absolute Gasteiger partial charge is 0.508 e. The minimum atomic E-state index is -4.67. The predicted octanol–water partition coefficient (Wildman–Crippen LogP) is 0.459. The minimum absolute atomic E-state index is 0.0394. The number of hydrogen-bond acceptors (Lipinski definition) is 7. The highest BCUT2D eigenvalue weighted by Crippen LogP contribution is 2.63. The van der Waals surface area contributed by atoms with Crippen molar-refractivity contribution in [2.75, 3.05) is 13.6 Å². The molecule has 2 heterocycles. The Labute approximate surface area is 155 Å². The topological polar surface area (TPSA) is 145 Å². The molecule has 0 amide bonds. The summed E-state index contributed by atoms with van der Waals surface area (Å²) in [6.07, 6.45) is 4.59. The number of likely N-dealkylation sites (tertiary alicyclic amines) is 1. The number of phenols is 2. The SMILES string of the molecule is CN1CC[C@]23c4c5c(O)cc(O)c4O[C@H]2C(=O)C=C[C@H]3[C@H]1C5.O=S(=O)(O)O. The summed E-state index contributed by atoms with van der Waals surface area (Å²) in [5.41, 5.74) is 1.29. The number of aromatic hydroxyl groups is 2. The standard InChI is InChI=1S/C17H17NO4.H2O4S/c1-18-5-4-17-9-2-3-11(19)16(17)22-15-13(21)7-12(20)8(14(15)17)6-10(9)18;1-5(2,3)4/h2-3,7,9-10,16,20-21H,4-6H2,1H3;(H2,1,2,3,4)/t9-,10+,16-,17-;/m0./s1. The molecule has 146 valence electrons. The van der Waals surface area contributed by atoms with Gasteiger partial charge in [0.15, 0.2) is 23.4 Å². The van der Waals surface area contributed by atoms with E-state index in [2.05, 4.69) is 11.9 Å². The highest BCUT2D eigenvalue weighted by atomic mass is 32.3. The zero-order valence-electron chi connectivity index (χ0n) is 14.4. The molecule has 9 nitrogen and oxygen atoms in total. The van der Waals surface area contributed by atoms with Gasteiger partial charge in [0.05, 0.1) is 5.41 Å². The Morgan fingerprint density at radius 2 is 1.93 bits per heavy atom. The van der Waals surface area contributed by atoms with Crippen molar-refractivity contribution in [3.8, 4) is 17.2 Å². The number of phenolic OH excluding ortho intramolecular Hbond substituents is 2. The van der Waals surface area contributed by atoms with E-state index in [0.717, 1.165) is 24.1 Å². The van der Waals surface area contributed by atoms with Gasteiger partial charge in [0.2, 0.25) is 0 Å². The molecule has 0 aromatic heterocycles. The Morgan fingerprint density at radius 3 is 2.59 bits per heavy atom. The van der Waals surface area contributed by atoms with Crippen LogP contribution in [0.5, 0.6) is 17.2 Å². The maximum atomic E-state index is 12.4. The Morgan fingerprint density at radius 1 is 1.26 bits per heavy atom. The highest BCUT2D eigenvalue weighted by molar-refractivity contribution is 7.79. The van der Waals surface area contributed by atoms with Crippen LogP contribution in [0.15, 0.2) is 18.2 Å². The molecule has 0 unspecified atom stereocenters. The Bertz CT molecular complexity index is 964. The van der Waals surface area contributed by atoms with E-state index in [9.17, 15) is 15.0 Å². The third kappa shape index (κ3) is 2.55. The van der Waals surface area contributed by atoms with Gasteiger partial charge in [-0.3, -0.25) is 13.9 Å². The lowest BCUT2D eigenvalue weighted by molar-refractivity contribution is -0.127. The number of rotatable bonds is 0. The van der Waals surface area contributed by atoms with Gasteiger partial charge in [-0.1, -0.05) is 6.08 Å². The molecule has 2 aliphatic heterocycles. The van der Waals surface area contributed by atoms with Crippen molar-refractivity contribution in [1.29, 1.82) is 0 Å². The van der Waals surface area contributed by atoms with E-state index in [1.165, 1.54) is 6.07 Å². The summed E-state index contributed by atoms with van der Waals surface area (Å²) in [4.78, 5) is 14.7. The van der Waals surface area contributed by atoms with Crippen LogP contribution in [0, 0.1) is 5.92 Å². The molecule has 1 aromatic carbocycles. The van der Waals surface area contributed by atoms with Crippen LogP contribution < -0.4 is 4.74 Å². The minimum Gasteiger partial charge on any atom is -0.508 e. The van der Waals surface area contributed by atoms with Crippen LogP contribution in [0.4, 0.5) is 0 Å². The molecule has 4 N–H and O–H groups in total. The second-order valence-corrected chi connectivity index (χ2v) is 8.27. The second-order valence-electron chi connectivity index (χ2n) is 7.37. The number of benzene rings is 1. The van der Waals surface area contributed by atoms with Crippen molar-refractivity contribution in [2.45, 2.75) is 30.4 Å². The molecule has 1 aromatic rings. The van der Waals surface area contributed by atoms with Gasteiger partial charge in [-0.25, -0.2) is 0 Å². The summed E-state index contributed by atoms with van der Waals surface area (Å²) in [6, 6.07) is 1.59. The molecule has 0 radical (unpaired) electrons. The van der Waals surface area contributed by atoms with Gasteiger partial charge in [-0.15, -0.1) is 0 Å². The van der Waals surface area contributed by atoms with E-state index < -0.39 is 21.9 Å². The molecule has 1 spiro atoms. The number of ketones is 1. The molecule has 1 saturated heterocycles. The first-order valence-electron chi connectivity index (χ1n) is 8.41. The van der Waals surface area contributed by atoms with Gasteiger partial charge < -0.3 is 19.8 Å². The van der Waals surface area contributed by atoms with Crippen molar-refractivity contribution < 1.29 is 37.3 Å². The van der Waals surface area contributed by atoms with Crippen LogP contribution in [-0.2, 0) is 27.0 Å². The van der Waals surface area contributed by atoms with Crippen LogP contribution in [-0.4, -0.2) is 64.2 Å². The number of piperidine rings is 1. The number of likely N-dealkylation sites (N-methyl/N-ethyl adjacent to an activating group) is 1. The molecular weight excluding hydrogens is 378 g/mol. The van der Waals surface area contributed by atoms with Crippen molar-refractivity contribution in [1.82, 2.24) is 4.90 Å². The number of carbonyl (C=O) groups is 1. The lowest BCUT2D eigenvalue weighted by atomic mass is 9.53. The first-order valence-corrected chi connectivity index (χ1v) is 9.81. The van der Waals surface area contributed by atoms with Gasteiger partial charge in [0, 0.05) is 29.2 Å². The van der Waals surface area contributed by atoms with Gasteiger partial charge in [-0.2, -0.15) is 8.42 Å². The lowest BCUT2D eigenvalue weighted by Crippen LogP contribution is -2.64. The summed E-state index contributed by atoms with van der Waals surface area (Å²) < 4.78 is 37.5. The summed E-state index contributed by atoms with van der Waals surface area (Å²) >= 11 is 0. The Balaban J connectivity index is 0.000000323. The molecule has 1 fully saturated rings. The molecule has 5 rings (SSSR count). The van der Waals surface area contributed by atoms with E-state index in [4.69, 9.17) is 22.3 Å². The average Bonchev–Trinajstić information content (AvgIpc) is 2.89. The lowest BCUT2D eigenvalue weighted by Gasteiger charge is -2.55. The summed E-state index contributed by atoms with van der Waals surface area (Å²) in [5.74, 6) is 0.596. The van der Waals surface area contributed by atoms with Crippen LogP contribution in [0.1, 0.15) is 17.5 Å². The zero-order valence-corrected chi connectivity index (χ0v) is 15.2. The molecule has 27 heavy (non-hydrogen) atoms. The first-order chi connectivity index (χ1) is 12.5. The number of nitrogens with zero attached hydrogens (tertiary/aromatic N) is 1. The number of hydrogen-bond donors (Lipinski definition) is 4. The fourth-order valence-corrected chi connectivity index (χ4v) is 5.15. The summed E-state index contributed by atoms with van der Waals surface area (Å²) in [5, 5.41) is 20.5. The Kier molecular flexibility index (Phi) is 3.83. The highest BCUT2D eigenvalue weighted by Gasteiger charge is 2.64. The molecule has 4 aliphatic rings. The van der Waals surface area contributed by atoms with Crippen molar-refractivity contribution in [2.24, 2.45) is 5.92 Å². The zero-order chi connectivity index (χ0) is 19.7. The first kappa shape index (κ1) is 18.2. The summed E-state index contributed by atoms with van der Waals surface area (Å²) in [7, 11) is -2.57. The van der Waals surface area contributed by atoms with E-state index in [-0.39, 0.29) is 29.2 Å². The Hall–Kier alpha value is -2.14. The second kappa shape index (κ2) is 5.68. The number of carbonyl (C=O) groups excluding carboxylic acids is 1. The number of ether oxygens (including phenoxy) is 1. The average molecular weight is 397 g/mol. The smallest absolute Gasteiger partial charge is 0.394 e. The van der Waals surface area contributed by atoms with Gasteiger partial charge in [0.25, 0.3) is 0 Å². The van der Waals surface area contributed by atoms with Crippen molar-refractivity contribution in [3.05, 3.63) is 29.3 Å². The van der Waals surface area contributed by atoms with Crippen molar-refractivity contribution in [3.63, 3.8) is 0 Å². The molecule has 10 heteroatoms. The normalized spacial score (nSPS) is 33.0. The third-order valence-electron chi connectivity index (χ3n) is 6.11. The van der Waals surface area contributed by atoms with Crippen LogP contribution in [0.25, 0.3) is 0 Å². The maximum Gasteiger partial charge on any atom is 0.394 e.